The highest BCUT2D eigenvalue weighted by atomic mass is 16.5. The molecular weight excluding hydrogens is 116 g/mol. The van der Waals surface area contributed by atoms with Crippen molar-refractivity contribution >= 4 is 0 Å². The standard InChI is InChI=1S/C6H10N2O/c1-6(3-7)4-9-5-8(6)2/h4-5H2,1-2H3. The van der Waals surface area contributed by atoms with Crippen LogP contribution in [0.25, 0.3) is 0 Å². The zero-order chi connectivity index (χ0) is 6.91. The minimum Gasteiger partial charge on any atom is -0.363 e. The van der Waals surface area contributed by atoms with Crippen LogP contribution in [0.5, 0.6) is 0 Å². The molecule has 0 radical (unpaired) electrons. The van der Waals surface area contributed by atoms with Crippen LogP contribution in [0.3, 0.4) is 0 Å². The molecule has 1 atom stereocenters. The highest BCUT2D eigenvalue weighted by Crippen LogP contribution is 2.17. The van der Waals surface area contributed by atoms with Crippen molar-refractivity contribution in [1.29, 1.82) is 5.26 Å². The second kappa shape index (κ2) is 1.98. The smallest absolute Gasteiger partial charge is 0.131 e. The van der Waals surface area contributed by atoms with Gasteiger partial charge in [-0.05, 0) is 14.0 Å². The molecule has 0 aliphatic carbocycles. The average molecular weight is 126 g/mol. The van der Waals surface area contributed by atoms with Gasteiger partial charge in [-0.3, -0.25) is 4.90 Å². The molecule has 1 heterocycles. The molecule has 3 nitrogen and oxygen atoms in total. The van der Waals surface area contributed by atoms with Crippen molar-refractivity contribution in [2.45, 2.75) is 12.5 Å². The number of ether oxygens (including phenoxy) is 1. The van der Waals surface area contributed by atoms with Gasteiger partial charge >= 0.3 is 0 Å². The zero-order valence-corrected chi connectivity index (χ0v) is 5.72. The SMILES string of the molecule is CN1COCC1(C)C#N. The molecule has 9 heavy (non-hydrogen) atoms. The first-order chi connectivity index (χ1) is 4.19. The van der Waals surface area contributed by atoms with Crippen LogP contribution >= 0.6 is 0 Å². The third-order valence-electron chi connectivity index (χ3n) is 1.75. The van der Waals surface area contributed by atoms with Gasteiger partial charge in [-0.15, -0.1) is 0 Å². The summed E-state index contributed by atoms with van der Waals surface area (Å²) in [6.07, 6.45) is 0. The maximum atomic E-state index is 8.62. The first-order valence-electron chi connectivity index (χ1n) is 2.89. The second-order valence-corrected chi connectivity index (χ2v) is 2.56. The largest absolute Gasteiger partial charge is 0.363 e. The van der Waals surface area contributed by atoms with Crippen molar-refractivity contribution < 1.29 is 4.74 Å². The fourth-order valence-electron chi connectivity index (χ4n) is 0.752. The molecule has 50 valence electrons. The van der Waals surface area contributed by atoms with Crippen molar-refractivity contribution in [1.82, 2.24) is 4.90 Å². The minimum atomic E-state index is -0.389. The molecule has 0 aromatic heterocycles. The Bertz CT molecular complexity index is 152. The lowest BCUT2D eigenvalue weighted by Gasteiger charge is -2.20. The summed E-state index contributed by atoms with van der Waals surface area (Å²) >= 11 is 0. The Hall–Kier alpha value is -0.590. The molecule has 0 spiro atoms. The van der Waals surface area contributed by atoms with E-state index in [1.54, 1.807) is 0 Å². The fourth-order valence-corrected chi connectivity index (χ4v) is 0.752. The highest BCUT2D eigenvalue weighted by molar-refractivity contribution is 5.06. The van der Waals surface area contributed by atoms with E-state index in [-0.39, 0.29) is 5.54 Å². The maximum Gasteiger partial charge on any atom is 0.131 e. The van der Waals surface area contributed by atoms with Crippen LogP contribution in [0.1, 0.15) is 6.92 Å². The van der Waals surface area contributed by atoms with Gasteiger partial charge in [0, 0.05) is 0 Å². The summed E-state index contributed by atoms with van der Waals surface area (Å²) in [4.78, 5) is 1.90. The van der Waals surface area contributed by atoms with Crippen LogP contribution in [0.15, 0.2) is 0 Å². The second-order valence-electron chi connectivity index (χ2n) is 2.56. The van der Waals surface area contributed by atoms with Gasteiger partial charge in [-0.1, -0.05) is 0 Å². The van der Waals surface area contributed by atoms with Crippen molar-refractivity contribution in [2.75, 3.05) is 20.4 Å². The van der Waals surface area contributed by atoms with E-state index < -0.39 is 0 Å². The van der Waals surface area contributed by atoms with E-state index in [0.717, 1.165) is 0 Å². The molecular formula is C6H10N2O. The summed E-state index contributed by atoms with van der Waals surface area (Å²) in [5.74, 6) is 0. The first-order valence-corrected chi connectivity index (χ1v) is 2.89. The summed E-state index contributed by atoms with van der Waals surface area (Å²) in [6.45, 7) is 2.98. The van der Waals surface area contributed by atoms with Gasteiger partial charge in [0.05, 0.1) is 12.7 Å². The monoisotopic (exact) mass is 126 g/mol. The van der Waals surface area contributed by atoms with Crippen molar-refractivity contribution in [3.63, 3.8) is 0 Å². The van der Waals surface area contributed by atoms with E-state index >= 15 is 0 Å². The summed E-state index contributed by atoms with van der Waals surface area (Å²) in [6, 6.07) is 2.19. The van der Waals surface area contributed by atoms with Gasteiger partial charge in [-0.25, -0.2) is 0 Å². The molecule has 0 aromatic carbocycles. The van der Waals surface area contributed by atoms with Crippen LogP contribution < -0.4 is 0 Å². The first kappa shape index (κ1) is 6.53. The van der Waals surface area contributed by atoms with Crippen molar-refractivity contribution in [2.24, 2.45) is 0 Å². The van der Waals surface area contributed by atoms with Gasteiger partial charge in [0.25, 0.3) is 0 Å². The van der Waals surface area contributed by atoms with E-state index in [0.29, 0.717) is 13.3 Å². The zero-order valence-electron chi connectivity index (χ0n) is 5.72. The lowest BCUT2D eigenvalue weighted by Crippen LogP contribution is -2.38. The van der Waals surface area contributed by atoms with E-state index in [4.69, 9.17) is 10.00 Å². The van der Waals surface area contributed by atoms with Gasteiger partial charge in [0.1, 0.15) is 12.3 Å². The third kappa shape index (κ3) is 0.913. The van der Waals surface area contributed by atoms with Crippen LogP contribution in [0, 0.1) is 11.3 Å². The molecule has 0 N–H and O–H groups in total. The summed E-state index contributed by atoms with van der Waals surface area (Å²) in [7, 11) is 1.89. The molecule has 0 aromatic rings. The molecule has 1 rings (SSSR count). The van der Waals surface area contributed by atoms with Crippen LogP contribution in [-0.4, -0.2) is 30.8 Å². The quantitative estimate of drug-likeness (QED) is 0.465. The molecule has 1 fully saturated rings. The number of rotatable bonds is 0. The topological polar surface area (TPSA) is 36.3 Å². The summed E-state index contributed by atoms with van der Waals surface area (Å²) in [5, 5.41) is 8.62. The normalized spacial score (nSPS) is 36.6. The molecule has 3 heteroatoms. The van der Waals surface area contributed by atoms with Crippen LogP contribution in [0.2, 0.25) is 0 Å². The molecule has 1 saturated heterocycles. The van der Waals surface area contributed by atoms with Crippen molar-refractivity contribution in [3.8, 4) is 6.07 Å². The number of hydrogen-bond acceptors (Lipinski definition) is 3. The van der Waals surface area contributed by atoms with Crippen molar-refractivity contribution in [3.05, 3.63) is 0 Å². The molecule has 0 amide bonds. The summed E-state index contributed by atoms with van der Waals surface area (Å²) in [5.41, 5.74) is -0.389. The predicted molar refractivity (Wildman–Crippen MR) is 32.6 cm³/mol. The maximum absolute atomic E-state index is 8.62. The molecule has 1 aliphatic rings. The lowest BCUT2D eigenvalue weighted by atomic mass is 10.1. The van der Waals surface area contributed by atoms with E-state index in [1.807, 2.05) is 18.9 Å². The molecule has 1 aliphatic heterocycles. The van der Waals surface area contributed by atoms with E-state index in [9.17, 15) is 0 Å². The molecule has 0 bridgehead atoms. The predicted octanol–water partition coefficient (Wildman–Crippen LogP) is 0.188. The van der Waals surface area contributed by atoms with Gasteiger partial charge in [0.2, 0.25) is 0 Å². The average Bonchev–Trinajstić information content (AvgIpc) is 2.15. The van der Waals surface area contributed by atoms with Gasteiger partial charge in [-0.2, -0.15) is 5.26 Å². The Kier molecular flexibility index (Phi) is 1.43. The number of hydrogen-bond donors (Lipinski definition) is 0. The number of nitrogens with zero attached hydrogens (tertiary/aromatic N) is 2. The van der Waals surface area contributed by atoms with E-state index in [1.165, 1.54) is 0 Å². The van der Waals surface area contributed by atoms with Gasteiger partial charge in [0.15, 0.2) is 0 Å². The Labute approximate surface area is 54.8 Å². The Morgan fingerprint density at radius 3 is 2.67 bits per heavy atom. The summed E-state index contributed by atoms with van der Waals surface area (Å²) < 4.78 is 5.07. The molecule has 1 unspecified atom stereocenters. The minimum absolute atomic E-state index is 0.389. The van der Waals surface area contributed by atoms with Crippen LogP contribution in [0.4, 0.5) is 0 Å². The Morgan fingerprint density at radius 2 is 2.44 bits per heavy atom. The number of likely N-dealkylation sites (N-methyl/N-ethyl adjacent to an activating group) is 1. The molecule has 0 saturated carbocycles. The highest BCUT2D eigenvalue weighted by Gasteiger charge is 2.34. The van der Waals surface area contributed by atoms with E-state index in [2.05, 4.69) is 6.07 Å². The number of nitriles is 1. The lowest BCUT2D eigenvalue weighted by molar-refractivity contribution is 0.153. The third-order valence-corrected chi connectivity index (χ3v) is 1.75. The van der Waals surface area contributed by atoms with Crippen LogP contribution in [-0.2, 0) is 4.74 Å². The Morgan fingerprint density at radius 1 is 1.78 bits per heavy atom. The van der Waals surface area contributed by atoms with Gasteiger partial charge < -0.3 is 4.74 Å². The Balaban J connectivity index is 2.70. The fraction of sp³-hybridized carbons (Fsp3) is 0.833.